The average Bonchev–Trinajstić information content (AvgIpc) is 3.17. The quantitative estimate of drug-likeness (QED) is 0.296. The molecule has 39 heavy (non-hydrogen) atoms. The van der Waals surface area contributed by atoms with Crippen LogP contribution in [0.1, 0.15) is 37.2 Å². The predicted molar refractivity (Wildman–Crippen MR) is 153 cm³/mol. The van der Waals surface area contributed by atoms with Crippen molar-refractivity contribution >= 4 is 52.1 Å². The Morgan fingerprint density at radius 3 is 2.67 bits per heavy atom. The van der Waals surface area contributed by atoms with E-state index < -0.39 is 0 Å². The first kappa shape index (κ1) is 27.7. The largest absolute Gasteiger partial charge is 0.383 e. The molecule has 3 aromatic rings. The lowest BCUT2D eigenvalue weighted by Crippen LogP contribution is -2.51. The number of nitrogens with one attached hydrogen (secondary N) is 1. The Bertz CT molecular complexity index is 1560. The average molecular weight is 574 g/mol. The Labute approximate surface area is 235 Å². The van der Waals surface area contributed by atoms with E-state index in [1.807, 2.05) is 11.8 Å². The molecular formula is C26H32ClN7O4S. The molecule has 1 spiro atoms. The molecule has 2 aliphatic rings. The first-order valence-corrected chi connectivity index (χ1v) is 13.6. The third-order valence-electron chi connectivity index (χ3n) is 8.01. The Balaban J connectivity index is 1.55. The number of carbonyl (C=O) groups is 1. The van der Waals surface area contributed by atoms with Gasteiger partial charge in [-0.2, -0.15) is 0 Å². The molecule has 0 aliphatic carbocycles. The number of aromatic nitrogens is 4. The monoisotopic (exact) mass is 573 g/mol. The molecule has 0 saturated carbocycles. The molecule has 208 valence electrons. The minimum Gasteiger partial charge on any atom is -0.383 e. The highest BCUT2D eigenvalue weighted by molar-refractivity contribution is 7.71. The van der Waals surface area contributed by atoms with Gasteiger partial charge in [-0.25, -0.2) is 9.97 Å². The number of hydrogen-bond acceptors (Lipinski definition) is 10. The number of anilines is 2. The van der Waals surface area contributed by atoms with Crippen molar-refractivity contribution in [3.8, 4) is 11.3 Å². The number of nitrogen functional groups attached to an aromatic ring is 1. The van der Waals surface area contributed by atoms with Crippen molar-refractivity contribution in [3.05, 3.63) is 38.0 Å². The van der Waals surface area contributed by atoms with Gasteiger partial charge in [0.15, 0.2) is 22.2 Å². The minimum atomic E-state index is -0.363. The molecule has 2 atom stereocenters. The van der Waals surface area contributed by atoms with Crippen LogP contribution in [0.5, 0.6) is 0 Å². The zero-order valence-corrected chi connectivity index (χ0v) is 23.7. The molecule has 4 heterocycles. The van der Waals surface area contributed by atoms with Crippen molar-refractivity contribution in [2.24, 2.45) is 11.1 Å². The number of methoxy groups -OCH3 is 1. The molecule has 1 aromatic carbocycles. The summed E-state index contributed by atoms with van der Waals surface area (Å²) in [4.78, 5) is 40.4. The Morgan fingerprint density at radius 1 is 1.33 bits per heavy atom. The van der Waals surface area contributed by atoms with Crippen molar-refractivity contribution in [1.82, 2.24) is 19.5 Å². The number of aromatic amines is 1. The molecule has 2 fully saturated rings. The van der Waals surface area contributed by atoms with Crippen molar-refractivity contribution in [1.29, 1.82) is 0 Å². The third kappa shape index (κ3) is 4.74. The van der Waals surface area contributed by atoms with Gasteiger partial charge < -0.3 is 30.8 Å². The normalized spacial score (nSPS) is 20.7. The third-order valence-corrected chi connectivity index (χ3v) is 8.72. The lowest BCUT2D eigenvalue weighted by Gasteiger charge is -2.41. The maximum absolute atomic E-state index is 13.3. The van der Waals surface area contributed by atoms with E-state index in [1.165, 1.54) is 11.5 Å². The van der Waals surface area contributed by atoms with Crippen LogP contribution in [0, 0.1) is 10.2 Å². The van der Waals surface area contributed by atoms with Gasteiger partial charge >= 0.3 is 0 Å². The number of halogens is 1. The van der Waals surface area contributed by atoms with Gasteiger partial charge in [0.2, 0.25) is 0 Å². The second-order valence-electron chi connectivity index (χ2n) is 10.3. The van der Waals surface area contributed by atoms with E-state index in [1.54, 1.807) is 19.2 Å². The second-order valence-corrected chi connectivity index (χ2v) is 11.1. The number of rotatable bonds is 6. The Hall–Kier alpha value is -2.90. The number of ether oxygens (including phenoxy) is 2. The van der Waals surface area contributed by atoms with E-state index in [9.17, 15) is 9.59 Å². The van der Waals surface area contributed by atoms with Crippen LogP contribution in [0.4, 0.5) is 11.6 Å². The van der Waals surface area contributed by atoms with Crippen molar-refractivity contribution in [2.45, 2.75) is 45.4 Å². The first-order chi connectivity index (χ1) is 18.6. The molecule has 0 unspecified atom stereocenters. The SMILES string of the molecule is COCCn1c(=S)[nH]c2ccc(-c3nc(C(C)=O)c(N4CCC5(CC4)CO[C@@H](C)[C@H]5N)nc3N)c(Cl)c2c1=O. The van der Waals surface area contributed by atoms with E-state index in [0.717, 1.165) is 12.8 Å². The number of H-pyrrole nitrogens is 1. The predicted octanol–water partition coefficient (Wildman–Crippen LogP) is 2.93. The zero-order chi connectivity index (χ0) is 28.1. The summed E-state index contributed by atoms with van der Waals surface area (Å²) >= 11 is 12.1. The fourth-order valence-corrected chi connectivity index (χ4v) is 6.22. The number of ketones is 1. The van der Waals surface area contributed by atoms with E-state index in [-0.39, 0.29) is 67.8 Å². The van der Waals surface area contributed by atoms with Crippen molar-refractivity contribution in [2.75, 3.05) is 44.0 Å². The van der Waals surface area contributed by atoms with Crippen LogP contribution in [0.3, 0.4) is 0 Å². The number of nitrogens with zero attached hydrogens (tertiary/aromatic N) is 4. The van der Waals surface area contributed by atoms with Gasteiger partial charge in [0, 0.05) is 44.1 Å². The fourth-order valence-electron chi connectivity index (χ4n) is 5.60. The Morgan fingerprint density at radius 2 is 2.05 bits per heavy atom. The van der Waals surface area contributed by atoms with Gasteiger partial charge in [-0.1, -0.05) is 11.6 Å². The lowest BCUT2D eigenvalue weighted by molar-refractivity contribution is 0.0970. The van der Waals surface area contributed by atoms with Crippen LogP contribution in [0.2, 0.25) is 5.02 Å². The van der Waals surface area contributed by atoms with E-state index in [0.29, 0.717) is 43.2 Å². The van der Waals surface area contributed by atoms with Crippen molar-refractivity contribution in [3.63, 3.8) is 0 Å². The molecule has 11 nitrogen and oxygen atoms in total. The number of carbonyl (C=O) groups excluding carboxylic acids is 1. The van der Waals surface area contributed by atoms with Gasteiger partial charge in [0.25, 0.3) is 5.56 Å². The zero-order valence-electron chi connectivity index (χ0n) is 22.1. The van der Waals surface area contributed by atoms with Crippen LogP contribution in [0.15, 0.2) is 16.9 Å². The summed E-state index contributed by atoms with van der Waals surface area (Å²) < 4.78 is 12.6. The molecule has 5 N–H and O–H groups in total. The molecule has 0 bridgehead atoms. The summed E-state index contributed by atoms with van der Waals surface area (Å²) in [6.07, 6.45) is 1.64. The molecule has 0 amide bonds. The lowest BCUT2D eigenvalue weighted by atomic mass is 9.73. The second kappa shape index (κ2) is 10.6. The van der Waals surface area contributed by atoms with Gasteiger partial charge in [-0.05, 0) is 44.1 Å². The van der Waals surface area contributed by atoms with Gasteiger partial charge in [0.1, 0.15) is 11.4 Å². The highest BCUT2D eigenvalue weighted by Gasteiger charge is 2.48. The topological polar surface area (TPSA) is 154 Å². The summed E-state index contributed by atoms with van der Waals surface area (Å²) in [6.45, 7) is 5.94. The minimum absolute atomic E-state index is 0.0186. The van der Waals surface area contributed by atoms with Gasteiger partial charge in [-0.15, -0.1) is 0 Å². The summed E-state index contributed by atoms with van der Waals surface area (Å²) in [5.41, 5.74) is 13.7. The van der Waals surface area contributed by atoms with Gasteiger partial charge in [0.05, 0.1) is 41.8 Å². The fraction of sp³-hybridized carbons (Fsp3) is 0.500. The highest BCUT2D eigenvalue weighted by Crippen LogP contribution is 2.43. The number of fused-ring (bicyclic) bond motifs is 1. The summed E-state index contributed by atoms with van der Waals surface area (Å²) in [5.74, 6) is 0.285. The molecule has 0 radical (unpaired) electrons. The number of nitrogens with two attached hydrogens (primary N) is 2. The van der Waals surface area contributed by atoms with Crippen LogP contribution >= 0.6 is 23.8 Å². The van der Waals surface area contributed by atoms with Crippen molar-refractivity contribution < 1.29 is 14.3 Å². The molecule has 2 aromatic heterocycles. The summed E-state index contributed by atoms with van der Waals surface area (Å²) in [7, 11) is 1.54. The number of Topliss-reactive ketones (excluding diaryl/α,β-unsaturated/α-hetero) is 1. The van der Waals surface area contributed by atoms with E-state index in [4.69, 9.17) is 44.8 Å². The van der Waals surface area contributed by atoms with Crippen LogP contribution in [-0.4, -0.2) is 70.9 Å². The molecule has 5 rings (SSSR count). The van der Waals surface area contributed by atoms with Crippen LogP contribution < -0.4 is 21.9 Å². The summed E-state index contributed by atoms with van der Waals surface area (Å²) in [5, 5.41) is 0.377. The summed E-state index contributed by atoms with van der Waals surface area (Å²) in [6, 6.07) is 3.34. The molecule has 2 aliphatic heterocycles. The maximum atomic E-state index is 13.3. The smallest absolute Gasteiger partial charge is 0.263 e. The number of benzene rings is 1. The molecule has 13 heteroatoms. The molecular weight excluding hydrogens is 542 g/mol. The van der Waals surface area contributed by atoms with Crippen LogP contribution in [0.25, 0.3) is 22.2 Å². The van der Waals surface area contributed by atoms with E-state index in [2.05, 4.69) is 15.0 Å². The van der Waals surface area contributed by atoms with Crippen LogP contribution in [-0.2, 0) is 16.0 Å². The standard InChI is InChI=1S/C26H32ClN7O4S/c1-13(35)19-23(33-8-6-26(7-9-33)12-38-14(2)21(26)28)32-22(29)20(31-19)15-4-5-16-17(18(15)27)24(36)34(10-11-37-3)25(39)30-16/h4-5,14,21H,6-12,28H2,1-3H3,(H2,29,32)(H,30,39)/t14-,21+/m0/s1. The van der Waals surface area contributed by atoms with E-state index >= 15 is 0 Å². The maximum Gasteiger partial charge on any atom is 0.263 e. The van der Waals surface area contributed by atoms with Gasteiger partial charge in [-0.3, -0.25) is 14.2 Å². The number of piperidine rings is 1. The first-order valence-electron chi connectivity index (χ1n) is 12.8. The highest BCUT2D eigenvalue weighted by atomic mass is 35.5. The number of hydrogen-bond donors (Lipinski definition) is 3. The molecule has 2 saturated heterocycles. The Kier molecular flexibility index (Phi) is 7.51.